The third-order valence-corrected chi connectivity index (χ3v) is 6.93. The van der Waals surface area contributed by atoms with Gasteiger partial charge >= 0.3 is 0 Å². The van der Waals surface area contributed by atoms with Crippen molar-refractivity contribution in [3.63, 3.8) is 0 Å². The number of allylic oxidation sites excluding steroid dienone is 8. The molecule has 0 aliphatic heterocycles. The molecule has 1 heteroatoms. The van der Waals surface area contributed by atoms with E-state index in [0.717, 1.165) is 5.54 Å². The minimum absolute atomic E-state index is 0.116. The van der Waals surface area contributed by atoms with Gasteiger partial charge in [0.15, 0.2) is 0 Å². The Bertz CT molecular complexity index is 360. The Kier molecular flexibility index (Phi) is 3.65. The topological polar surface area (TPSA) is 0 Å². The van der Waals surface area contributed by atoms with Gasteiger partial charge in [-0.2, -0.15) is 0 Å². The molecule has 2 aliphatic rings. The molecule has 0 amide bonds. The fraction of sp³-hybridized carbons (Fsp3) is 0.467. The summed E-state index contributed by atoms with van der Waals surface area (Å²) in [5.41, 5.74) is 2.40. The van der Waals surface area contributed by atoms with Gasteiger partial charge in [-0.1, -0.05) is 61.4 Å². The van der Waals surface area contributed by atoms with E-state index in [1.807, 2.05) is 0 Å². The van der Waals surface area contributed by atoms with Gasteiger partial charge in [0.25, 0.3) is 0 Å². The minimum atomic E-state index is -0.116. The highest BCUT2D eigenvalue weighted by Gasteiger charge is 2.30. The second kappa shape index (κ2) is 5.01. The third-order valence-electron chi connectivity index (χ3n) is 3.88. The van der Waals surface area contributed by atoms with E-state index in [9.17, 15) is 0 Å². The monoisotopic (exact) mass is 230 g/mol. The van der Waals surface area contributed by atoms with E-state index in [2.05, 4.69) is 56.4 Å². The number of hydrogen-bond acceptors (Lipinski definition) is 0. The molecule has 0 aromatic heterocycles. The Morgan fingerprint density at radius 3 is 2.81 bits per heavy atom. The van der Waals surface area contributed by atoms with Crippen LogP contribution in [-0.4, -0.2) is 9.52 Å². The molecular weight excluding hydrogens is 208 g/mol. The summed E-state index contributed by atoms with van der Waals surface area (Å²) in [6.45, 7) is 4.61. The SMILES string of the molecule is CCCC1([SiH2]C2C=CC=C2C)C=CC=CC1. The largest absolute Gasteiger partial charge is 0.0840 e. The van der Waals surface area contributed by atoms with E-state index in [1.54, 1.807) is 5.57 Å². The summed E-state index contributed by atoms with van der Waals surface area (Å²) in [5, 5.41) is 0.554. The van der Waals surface area contributed by atoms with Gasteiger partial charge in [-0.3, -0.25) is 0 Å². The number of rotatable bonds is 4. The van der Waals surface area contributed by atoms with Crippen molar-refractivity contribution in [2.45, 2.75) is 43.7 Å². The van der Waals surface area contributed by atoms with Gasteiger partial charge < -0.3 is 0 Å². The van der Waals surface area contributed by atoms with Crippen LogP contribution in [0.5, 0.6) is 0 Å². The average molecular weight is 230 g/mol. The molecule has 2 unspecified atom stereocenters. The quantitative estimate of drug-likeness (QED) is 0.642. The summed E-state index contributed by atoms with van der Waals surface area (Å²) in [5.74, 6) is 0. The molecule has 16 heavy (non-hydrogen) atoms. The van der Waals surface area contributed by atoms with Crippen molar-refractivity contribution in [1.29, 1.82) is 0 Å². The van der Waals surface area contributed by atoms with Gasteiger partial charge in [0.1, 0.15) is 0 Å². The lowest BCUT2D eigenvalue weighted by Crippen LogP contribution is -2.22. The van der Waals surface area contributed by atoms with E-state index < -0.39 is 0 Å². The summed E-state index contributed by atoms with van der Waals surface area (Å²) in [4.78, 5) is 0. The van der Waals surface area contributed by atoms with Gasteiger partial charge in [0, 0.05) is 9.52 Å². The van der Waals surface area contributed by atoms with Crippen LogP contribution >= 0.6 is 0 Å². The van der Waals surface area contributed by atoms with Crippen molar-refractivity contribution in [3.05, 3.63) is 48.1 Å². The Labute approximate surface area is 102 Å². The van der Waals surface area contributed by atoms with Crippen LogP contribution in [0.25, 0.3) is 0 Å². The molecule has 0 nitrogen and oxygen atoms in total. The van der Waals surface area contributed by atoms with E-state index in [1.165, 1.54) is 19.3 Å². The molecule has 0 bridgehead atoms. The van der Waals surface area contributed by atoms with Gasteiger partial charge in [-0.05, 0) is 30.3 Å². The second-order valence-electron chi connectivity index (χ2n) is 5.21. The maximum absolute atomic E-state index is 2.50. The Morgan fingerprint density at radius 2 is 2.25 bits per heavy atom. The predicted octanol–water partition coefficient (Wildman–Crippen LogP) is 3.93. The first-order valence-corrected chi connectivity index (χ1v) is 7.97. The maximum Gasteiger partial charge on any atom is 0.0450 e. The lowest BCUT2D eigenvalue weighted by atomic mass is 9.94. The molecular formula is C15H22Si. The molecule has 0 spiro atoms. The molecule has 0 saturated heterocycles. The maximum atomic E-state index is 2.50. The highest BCUT2D eigenvalue weighted by Crippen LogP contribution is 2.44. The smallest absolute Gasteiger partial charge is 0.0450 e. The van der Waals surface area contributed by atoms with Crippen LogP contribution < -0.4 is 0 Å². The van der Waals surface area contributed by atoms with Crippen molar-refractivity contribution < 1.29 is 0 Å². The van der Waals surface area contributed by atoms with Crippen LogP contribution in [0.1, 0.15) is 33.1 Å². The lowest BCUT2D eigenvalue weighted by Gasteiger charge is -2.33. The Hall–Kier alpha value is -0.823. The summed E-state index contributed by atoms with van der Waals surface area (Å²) < 4.78 is 0. The summed E-state index contributed by atoms with van der Waals surface area (Å²) in [7, 11) is -0.116. The van der Waals surface area contributed by atoms with Gasteiger partial charge in [0.2, 0.25) is 0 Å². The first kappa shape index (κ1) is 11.7. The van der Waals surface area contributed by atoms with Crippen molar-refractivity contribution in [2.75, 3.05) is 0 Å². The van der Waals surface area contributed by atoms with Gasteiger partial charge in [-0.15, -0.1) is 0 Å². The van der Waals surface area contributed by atoms with Gasteiger partial charge in [-0.25, -0.2) is 0 Å². The third kappa shape index (κ3) is 2.46. The first-order valence-electron chi connectivity index (χ1n) is 6.45. The number of hydrogen-bond donors (Lipinski definition) is 0. The van der Waals surface area contributed by atoms with Crippen LogP contribution in [0.4, 0.5) is 0 Å². The zero-order valence-corrected chi connectivity index (χ0v) is 11.9. The van der Waals surface area contributed by atoms with Crippen LogP contribution in [0.3, 0.4) is 0 Å². The van der Waals surface area contributed by atoms with Crippen molar-refractivity contribution in [2.24, 2.45) is 0 Å². The normalized spacial score (nSPS) is 32.9. The first-order chi connectivity index (χ1) is 7.76. The summed E-state index contributed by atoms with van der Waals surface area (Å²) in [6, 6.07) is 0. The average Bonchev–Trinajstić information content (AvgIpc) is 2.66. The molecule has 2 aliphatic carbocycles. The zero-order valence-electron chi connectivity index (χ0n) is 10.4. The molecule has 0 saturated carbocycles. The molecule has 0 N–H and O–H groups in total. The molecule has 0 radical (unpaired) electrons. The summed E-state index contributed by atoms with van der Waals surface area (Å²) >= 11 is 0. The Morgan fingerprint density at radius 1 is 1.38 bits per heavy atom. The lowest BCUT2D eigenvalue weighted by molar-refractivity contribution is 0.596. The van der Waals surface area contributed by atoms with Crippen molar-refractivity contribution >= 4 is 9.52 Å². The molecule has 0 aromatic rings. The fourth-order valence-electron chi connectivity index (χ4n) is 2.93. The van der Waals surface area contributed by atoms with Gasteiger partial charge in [0.05, 0.1) is 0 Å². The van der Waals surface area contributed by atoms with Crippen molar-refractivity contribution in [3.8, 4) is 0 Å². The predicted molar refractivity (Wildman–Crippen MR) is 75.7 cm³/mol. The zero-order chi connectivity index (χ0) is 11.4. The van der Waals surface area contributed by atoms with Crippen molar-refractivity contribution in [1.82, 2.24) is 0 Å². The standard InChI is InChI=1S/C15H22Si/c1-3-10-15(11-5-4-6-12-15)16-14-9-7-8-13(14)2/h4-9,11,14H,3,10,12,16H2,1-2H3. The second-order valence-corrected chi connectivity index (χ2v) is 7.91. The molecule has 0 fully saturated rings. The summed E-state index contributed by atoms with van der Waals surface area (Å²) in [6.07, 6.45) is 20.3. The van der Waals surface area contributed by atoms with E-state index in [4.69, 9.17) is 0 Å². The van der Waals surface area contributed by atoms with Crippen LogP contribution in [0, 0.1) is 0 Å². The van der Waals surface area contributed by atoms with E-state index in [-0.39, 0.29) is 9.52 Å². The molecule has 86 valence electrons. The van der Waals surface area contributed by atoms with E-state index in [0.29, 0.717) is 5.04 Å². The highest BCUT2D eigenvalue weighted by atomic mass is 28.2. The molecule has 2 rings (SSSR count). The minimum Gasteiger partial charge on any atom is -0.0840 e. The Balaban J connectivity index is 2.09. The van der Waals surface area contributed by atoms with Crippen LogP contribution in [0.15, 0.2) is 48.1 Å². The molecule has 2 atom stereocenters. The molecule has 0 heterocycles. The van der Waals surface area contributed by atoms with E-state index >= 15 is 0 Å². The highest BCUT2D eigenvalue weighted by molar-refractivity contribution is 6.45. The fourth-order valence-corrected chi connectivity index (χ4v) is 5.72. The molecule has 0 aromatic carbocycles. The van der Waals surface area contributed by atoms with Crippen LogP contribution in [-0.2, 0) is 0 Å². The van der Waals surface area contributed by atoms with Crippen LogP contribution in [0.2, 0.25) is 10.6 Å².